The lowest BCUT2D eigenvalue weighted by atomic mass is 9.97. The van der Waals surface area contributed by atoms with Gasteiger partial charge in [0.15, 0.2) is 0 Å². The molecule has 104 valence electrons. The van der Waals surface area contributed by atoms with Crippen molar-refractivity contribution in [2.45, 2.75) is 45.1 Å². The summed E-state index contributed by atoms with van der Waals surface area (Å²) >= 11 is 0. The van der Waals surface area contributed by atoms with E-state index in [9.17, 15) is 4.79 Å². The third kappa shape index (κ3) is 3.57. The second-order valence-electron chi connectivity index (χ2n) is 5.32. The number of hydrogen-bond donors (Lipinski definition) is 1. The van der Waals surface area contributed by atoms with Gasteiger partial charge in [-0.1, -0.05) is 37.6 Å². The zero-order valence-corrected chi connectivity index (χ0v) is 11.6. The largest absolute Gasteiger partial charge is 0.480 e. The molecule has 1 N–H and O–H groups in total. The summed E-state index contributed by atoms with van der Waals surface area (Å²) in [5.74, 6) is -0.727. The Morgan fingerprint density at radius 1 is 1.37 bits per heavy atom. The van der Waals surface area contributed by atoms with Gasteiger partial charge in [0.25, 0.3) is 0 Å². The first kappa shape index (κ1) is 14.1. The number of nitrogens with zero attached hydrogens (tertiary/aromatic N) is 1. The van der Waals surface area contributed by atoms with Gasteiger partial charge in [0.05, 0.1) is 6.54 Å². The minimum absolute atomic E-state index is 0.146. The van der Waals surface area contributed by atoms with Crippen molar-refractivity contribution in [2.24, 2.45) is 0 Å². The van der Waals surface area contributed by atoms with Gasteiger partial charge in [-0.3, -0.25) is 9.69 Å². The minimum Gasteiger partial charge on any atom is -0.480 e. The van der Waals surface area contributed by atoms with Crippen LogP contribution in [-0.4, -0.2) is 29.1 Å². The third-order valence-electron chi connectivity index (χ3n) is 3.88. The molecule has 1 aromatic rings. The fourth-order valence-electron chi connectivity index (χ4n) is 3.08. The van der Waals surface area contributed by atoms with Crippen molar-refractivity contribution in [1.82, 2.24) is 4.90 Å². The Labute approximate surface area is 115 Å². The Hall–Kier alpha value is -1.35. The highest BCUT2D eigenvalue weighted by Crippen LogP contribution is 2.33. The van der Waals surface area contributed by atoms with E-state index in [1.165, 1.54) is 24.0 Å². The van der Waals surface area contributed by atoms with E-state index < -0.39 is 5.97 Å². The first-order chi connectivity index (χ1) is 9.22. The average Bonchev–Trinajstić information content (AvgIpc) is 2.60. The molecule has 3 nitrogen and oxygen atoms in total. The summed E-state index contributed by atoms with van der Waals surface area (Å²) in [7, 11) is 0. The maximum Gasteiger partial charge on any atom is 0.317 e. The molecule has 0 amide bonds. The SMILES string of the molecule is CCCN(CC(=O)O)C1CCCCc2ccccc21. The average molecular weight is 261 g/mol. The van der Waals surface area contributed by atoms with Gasteiger partial charge >= 0.3 is 5.97 Å². The van der Waals surface area contributed by atoms with Crippen LogP contribution >= 0.6 is 0 Å². The van der Waals surface area contributed by atoms with Crippen LogP contribution in [0, 0.1) is 0 Å². The van der Waals surface area contributed by atoms with Crippen LogP contribution in [0.15, 0.2) is 24.3 Å². The third-order valence-corrected chi connectivity index (χ3v) is 3.88. The highest BCUT2D eigenvalue weighted by Gasteiger charge is 2.25. The van der Waals surface area contributed by atoms with Crippen molar-refractivity contribution in [3.63, 3.8) is 0 Å². The van der Waals surface area contributed by atoms with Crippen molar-refractivity contribution >= 4 is 5.97 Å². The standard InChI is InChI=1S/C16H23NO2/c1-2-11-17(12-16(18)19)15-10-6-4-8-13-7-3-5-9-14(13)15/h3,5,7,9,15H,2,4,6,8,10-12H2,1H3,(H,18,19). The summed E-state index contributed by atoms with van der Waals surface area (Å²) in [6.07, 6.45) is 5.58. The fraction of sp³-hybridized carbons (Fsp3) is 0.562. The van der Waals surface area contributed by atoms with Crippen LogP contribution in [0.3, 0.4) is 0 Å². The Morgan fingerprint density at radius 3 is 2.89 bits per heavy atom. The molecule has 0 saturated heterocycles. The number of fused-ring (bicyclic) bond motifs is 1. The van der Waals surface area contributed by atoms with Crippen LogP contribution in [0.5, 0.6) is 0 Å². The van der Waals surface area contributed by atoms with Crippen molar-refractivity contribution < 1.29 is 9.90 Å². The van der Waals surface area contributed by atoms with E-state index in [1.807, 2.05) is 0 Å². The van der Waals surface area contributed by atoms with Crippen LogP contribution in [0.25, 0.3) is 0 Å². The van der Waals surface area contributed by atoms with E-state index in [0.717, 1.165) is 25.8 Å². The van der Waals surface area contributed by atoms with Crippen LogP contribution < -0.4 is 0 Å². The van der Waals surface area contributed by atoms with E-state index >= 15 is 0 Å². The maximum absolute atomic E-state index is 11.1. The Morgan fingerprint density at radius 2 is 2.16 bits per heavy atom. The van der Waals surface area contributed by atoms with Crippen LogP contribution in [0.1, 0.15) is 49.8 Å². The lowest BCUT2D eigenvalue weighted by Crippen LogP contribution is -2.34. The molecule has 0 spiro atoms. The van der Waals surface area contributed by atoms with Crippen LogP contribution in [0.4, 0.5) is 0 Å². The molecule has 0 aliphatic heterocycles. The van der Waals surface area contributed by atoms with E-state index in [1.54, 1.807) is 0 Å². The lowest BCUT2D eigenvalue weighted by molar-refractivity contribution is -0.139. The smallest absolute Gasteiger partial charge is 0.317 e. The lowest BCUT2D eigenvalue weighted by Gasteiger charge is -2.30. The minimum atomic E-state index is -0.727. The first-order valence-electron chi connectivity index (χ1n) is 7.26. The van der Waals surface area contributed by atoms with E-state index in [-0.39, 0.29) is 12.6 Å². The van der Waals surface area contributed by atoms with Crippen LogP contribution in [-0.2, 0) is 11.2 Å². The normalized spacial score (nSPS) is 18.9. The number of benzene rings is 1. The summed E-state index contributed by atoms with van der Waals surface area (Å²) in [6.45, 7) is 3.11. The number of aliphatic carboxylic acids is 1. The molecule has 0 aromatic heterocycles. The van der Waals surface area contributed by atoms with Crippen molar-refractivity contribution in [3.05, 3.63) is 35.4 Å². The quantitative estimate of drug-likeness (QED) is 0.827. The highest BCUT2D eigenvalue weighted by molar-refractivity contribution is 5.69. The number of aryl methyl sites for hydroxylation is 1. The summed E-state index contributed by atoms with van der Waals surface area (Å²) in [4.78, 5) is 13.2. The first-order valence-corrected chi connectivity index (χ1v) is 7.26. The molecule has 0 saturated carbocycles. The summed E-state index contributed by atoms with van der Waals surface area (Å²) < 4.78 is 0. The molecule has 0 heterocycles. The maximum atomic E-state index is 11.1. The number of carbonyl (C=O) groups is 1. The highest BCUT2D eigenvalue weighted by atomic mass is 16.4. The number of hydrogen-bond acceptors (Lipinski definition) is 2. The molecule has 19 heavy (non-hydrogen) atoms. The molecule has 1 aliphatic rings. The Balaban J connectivity index is 2.27. The molecule has 1 unspecified atom stereocenters. The van der Waals surface area contributed by atoms with Crippen LogP contribution in [0.2, 0.25) is 0 Å². The molecule has 3 heteroatoms. The summed E-state index contributed by atoms with van der Waals surface area (Å²) in [5, 5.41) is 9.12. The predicted molar refractivity (Wildman–Crippen MR) is 76.2 cm³/mol. The van der Waals surface area contributed by atoms with Gasteiger partial charge in [0, 0.05) is 6.04 Å². The number of carboxylic acid groups (broad SMARTS) is 1. The van der Waals surface area contributed by atoms with Crippen molar-refractivity contribution in [3.8, 4) is 0 Å². The second kappa shape index (κ2) is 6.71. The van der Waals surface area contributed by atoms with Gasteiger partial charge in [-0.2, -0.15) is 0 Å². The van der Waals surface area contributed by atoms with E-state index in [0.29, 0.717) is 0 Å². The molecular weight excluding hydrogens is 238 g/mol. The van der Waals surface area contributed by atoms with Gasteiger partial charge in [-0.15, -0.1) is 0 Å². The molecule has 0 fully saturated rings. The second-order valence-corrected chi connectivity index (χ2v) is 5.32. The molecule has 2 rings (SSSR count). The van der Waals surface area contributed by atoms with E-state index in [4.69, 9.17) is 5.11 Å². The molecule has 1 aliphatic carbocycles. The van der Waals surface area contributed by atoms with Gasteiger partial charge in [-0.05, 0) is 43.4 Å². The molecule has 1 aromatic carbocycles. The van der Waals surface area contributed by atoms with Gasteiger partial charge in [0.2, 0.25) is 0 Å². The van der Waals surface area contributed by atoms with Gasteiger partial charge in [-0.25, -0.2) is 0 Å². The molecule has 1 atom stereocenters. The van der Waals surface area contributed by atoms with Gasteiger partial charge < -0.3 is 5.11 Å². The van der Waals surface area contributed by atoms with Gasteiger partial charge in [0.1, 0.15) is 0 Å². The van der Waals surface area contributed by atoms with Crippen molar-refractivity contribution in [2.75, 3.05) is 13.1 Å². The number of rotatable bonds is 5. The van der Waals surface area contributed by atoms with E-state index in [2.05, 4.69) is 36.1 Å². The predicted octanol–water partition coefficient (Wildman–Crippen LogP) is 3.25. The summed E-state index contributed by atoms with van der Waals surface area (Å²) in [6, 6.07) is 8.80. The molecular formula is C16H23NO2. The zero-order chi connectivity index (χ0) is 13.7. The Kier molecular flexibility index (Phi) is 4.97. The molecule has 0 bridgehead atoms. The number of carboxylic acids is 1. The zero-order valence-electron chi connectivity index (χ0n) is 11.6. The summed E-state index contributed by atoms with van der Waals surface area (Å²) in [5.41, 5.74) is 2.74. The fourth-order valence-corrected chi connectivity index (χ4v) is 3.08. The Bertz CT molecular complexity index is 431. The van der Waals surface area contributed by atoms with Crippen molar-refractivity contribution in [1.29, 1.82) is 0 Å². The monoisotopic (exact) mass is 261 g/mol. The molecule has 0 radical (unpaired) electrons. The topological polar surface area (TPSA) is 40.5 Å².